The first-order valence-corrected chi connectivity index (χ1v) is 14.9. The van der Waals surface area contributed by atoms with Gasteiger partial charge in [-0.15, -0.1) is 0 Å². The van der Waals surface area contributed by atoms with Crippen LogP contribution in [0.2, 0.25) is 0 Å². The van der Waals surface area contributed by atoms with Gasteiger partial charge < -0.3 is 0 Å². The first kappa shape index (κ1) is 26.5. The van der Waals surface area contributed by atoms with E-state index in [0.29, 0.717) is 5.82 Å². The van der Waals surface area contributed by atoms with Crippen molar-refractivity contribution in [1.29, 1.82) is 0 Å². The summed E-state index contributed by atoms with van der Waals surface area (Å²) < 4.78 is 0. The van der Waals surface area contributed by atoms with E-state index < -0.39 is 0 Å². The maximum atomic E-state index is 5.18. The summed E-state index contributed by atoms with van der Waals surface area (Å²) in [6.45, 7) is 2.02. The van der Waals surface area contributed by atoms with Crippen LogP contribution in [0.1, 0.15) is 5.69 Å². The lowest BCUT2D eigenvalue weighted by atomic mass is 9.95. The van der Waals surface area contributed by atoms with Crippen molar-refractivity contribution < 1.29 is 0 Å². The molecule has 0 radical (unpaired) electrons. The quantitative estimate of drug-likeness (QED) is 0.191. The molecule has 0 saturated heterocycles. The predicted octanol–water partition coefficient (Wildman–Crippen LogP) is 9.61. The smallest absolute Gasteiger partial charge is 0.179 e. The fourth-order valence-corrected chi connectivity index (χ4v) is 5.77. The van der Waals surface area contributed by atoms with E-state index in [1.54, 1.807) is 6.20 Å². The van der Waals surface area contributed by atoms with Crippen molar-refractivity contribution in [1.82, 2.24) is 24.9 Å². The Balaban J connectivity index is 1.34. The van der Waals surface area contributed by atoms with Gasteiger partial charge in [-0.1, -0.05) is 103 Å². The highest BCUT2D eigenvalue weighted by Crippen LogP contribution is 2.37. The first-order chi connectivity index (χ1) is 22.2. The average Bonchev–Trinajstić information content (AvgIpc) is 3.12. The highest BCUT2D eigenvalue weighted by molar-refractivity contribution is 6.09. The largest absolute Gasteiger partial charge is 0.253 e. The van der Waals surface area contributed by atoms with Crippen molar-refractivity contribution in [3.63, 3.8) is 0 Å². The Morgan fingerprint density at radius 2 is 1.07 bits per heavy atom. The second-order valence-electron chi connectivity index (χ2n) is 11.0. The third-order valence-corrected chi connectivity index (χ3v) is 8.01. The topological polar surface area (TPSA) is 64.5 Å². The molecule has 0 amide bonds. The standard InChI is InChI=1S/C40H27N5/c1-26-18-19-29-20-21-32-33(24-35(27-11-4-2-5-12-27)43-39(32)38(29)42-26)30-15-10-16-31(23-30)37-25-36(28-13-6-3-7-14-28)44-40(45-37)34-17-8-9-22-41-34/h2-25H,1H3. The molecule has 45 heavy (non-hydrogen) atoms. The predicted molar refractivity (Wildman–Crippen MR) is 182 cm³/mol. The highest BCUT2D eigenvalue weighted by Gasteiger charge is 2.16. The molecule has 212 valence electrons. The molecule has 0 N–H and O–H groups in total. The fourth-order valence-electron chi connectivity index (χ4n) is 5.77. The summed E-state index contributed by atoms with van der Waals surface area (Å²) in [6, 6.07) is 47.6. The van der Waals surface area contributed by atoms with Crippen LogP contribution in [0.25, 0.3) is 78.2 Å². The van der Waals surface area contributed by atoms with Gasteiger partial charge in [0.1, 0.15) is 5.69 Å². The van der Waals surface area contributed by atoms with Crippen molar-refractivity contribution >= 4 is 21.8 Å². The lowest BCUT2D eigenvalue weighted by molar-refractivity contribution is 1.15. The van der Waals surface area contributed by atoms with Gasteiger partial charge in [0.15, 0.2) is 5.82 Å². The number of pyridine rings is 3. The van der Waals surface area contributed by atoms with Gasteiger partial charge in [0.2, 0.25) is 0 Å². The third-order valence-electron chi connectivity index (χ3n) is 8.01. The Hall–Kier alpha value is -6.07. The minimum absolute atomic E-state index is 0.589. The molecule has 5 nitrogen and oxygen atoms in total. The van der Waals surface area contributed by atoms with Gasteiger partial charge in [-0.2, -0.15) is 0 Å². The lowest BCUT2D eigenvalue weighted by Gasteiger charge is -2.14. The number of hydrogen-bond donors (Lipinski definition) is 0. The molecule has 0 spiro atoms. The number of aromatic nitrogens is 5. The number of benzene rings is 4. The maximum absolute atomic E-state index is 5.18. The SMILES string of the molecule is Cc1ccc2ccc3c(-c4cccc(-c5cc(-c6ccccc6)nc(-c6ccccn6)n5)c4)cc(-c4ccccc4)nc3c2n1. The molecule has 0 atom stereocenters. The van der Waals surface area contributed by atoms with Crippen LogP contribution in [-0.2, 0) is 0 Å². The molecule has 0 bridgehead atoms. The number of fused-ring (bicyclic) bond motifs is 3. The Kier molecular flexibility index (Phi) is 6.61. The normalized spacial score (nSPS) is 11.2. The van der Waals surface area contributed by atoms with E-state index in [1.807, 2.05) is 67.6 Å². The van der Waals surface area contributed by atoms with Gasteiger partial charge in [-0.3, -0.25) is 9.97 Å². The second kappa shape index (κ2) is 11.2. The Labute approximate surface area is 261 Å². The molecule has 4 aromatic carbocycles. The molecule has 0 unspecified atom stereocenters. The van der Waals surface area contributed by atoms with Crippen LogP contribution in [-0.4, -0.2) is 24.9 Å². The third kappa shape index (κ3) is 5.11. The van der Waals surface area contributed by atoms with Gasteiger partial charge in [0.05, 0.1) is 28.1 Å². The van der Waals surface area contributed by atoms with Gasteiger partial charge in [0, 0.05) is 39.4 Å². The summed E-state index contributed by atoms with van der Waals surface area (Å²) in [5, 5.41) is 2.13. The van der Waals surface area contributed by atoms with Crippen molar-refractivity contribution in [2.45, 2.75) is 6.92 Å². The summed E-state index contributed by atoms with van der Waals surface area (Å²) in [7, 11) is 0. The second-order valence-corrected chi connectivity index (χ2v) is 11.0. The molecule has 0 fully saturated rings. The maximum Gasteiger partial charge on any atom is 0.179 e. The first-order valence-electron chi connectivity index (χ1n) is 14.9. The van der Waals surface area contributed by atoms with Crippen LogP contribution in [0.5, 0.6) is 0 Å². The number of rotatable bonds is 5. The highest BCUT2D eigenvalue weighted by atomic mass is 14.9. The van der Waals surface area contributed by atoms with Crippen molar-refractivity contribution in [2.24, 2.45) is 0 Å². The zero-order chi connectivity index (χ0) is 30.2. The van der Waals surface area contributed by atoms with E-state index >= 15 is 0 Å². The summed E-state index contributed by atoms with van der Waals surface area (Å²) in [6.07, 6.45) is 1.77. The molecule has 4 heterocycles. The lowest BCUT2D eigenvalue weighted by Crippen LogP contribution is -1.97. The van der Waals surface area contributed by atoms with E-state index in [0.717, 1.165) is 78.1 Å². The van der Waals surface area contributed by atoms with Crippen LogP contribution in [0.3, 0.4) is 0 Å². The van der Waals surface area contributed by atoms with E-state index in [4.69, 9.17) is 19.9 Å². The van der Waals surface area contributed by atoms with E-state index in [1.165, 1.54) is 0 Å². The van der Waals surface area contributed by atoms with E-state index in [9.17, 15) is 0 Å². The average molecular weight is 578 g/mol. The Morgan fingerprint density at radius 3 is 1.80 bits per heavy atom. The molecule has 8 rings (SSSR count). The fraction of sp³-hybridized carbons (Fsp3) is 0.0250. The van der Waals surface area contributed by atoms with Crippen LogP contribution >= 0.6 is 0 Å². The minimum Gasteiger partial charge on any atom is -0.253 e. The van der Waals surface area contributed by atoms with Gasteiger partial charge >= 0.3 is 0 Å². The molecule has 5 heteroatoms. The molecule has 0 saturated carbocycles. The van der Waals surface area contributed by atoms with Gasteiger partial charge in [-0.05, 0) is 54.4 Å². The van der Waals surface area contributed by atoms with Crippen molar-refractivity contribution in [2.75, 3.05) is 0 Å². The zero-order valence-electron chi connectivity index (χ0n) is 24.6. The molecule has 0 aliphatic heterocycles. The molecule has 4 aromatic heterocycles. The monoisotopic (exact) mass is 577 g/mol. The van der Waals surface area contributed by atoms with Gasteiger partial charge in [0.25, 0.3) is 0 Å². The summed E-state index contributed by atoms with van der Waals surface area (Å²) >= 11 is 0. The van der Waals surface area contributed by atoms with Crippen molar-refractivity contribution in [3.05, 3.63) is 151 Å². The zero-order valence-corrected chi connectivity index (χ0v) is 24.6. The molecular weight excluding hydrogens is 550 g/mol. The molecular formula is C40H27N5. The number of hydrogen-bond acceptors (Lipinski definition) is 5. The van der Waals surface area contributed by atoms with E-state index in [2.05, 4.69) is 83.8 Å². The minimum atomic E-state index is 0.589. The number of nitrogens with zero attached hydrogens (tertiary/aromatic N) is 5. The summed E-state index contributed by atoms with van der Waals surface area (Å²) in [5.41, 5.74) is 11.3. The Bertz CT molecular complexity index is 2260. The molecule has 0 aliphatic carbocycles. The van der Waals surface area contributed by atoms with Gasteiger partial charge in [-0.25, -0.2) is 15.0 Å². The van der Waals surface area contributed by atoms with Crippen LogP contribution in [0, 0.1) is 6.92 Å². The van der Waals surface area contributed by atoms with Crippen molar-refractivity contribution in [3.8, 4) is 56.4 Å². The van der Waals surface area contributed by atoms with Crippen LogP contribution in [0.15, 0.2) is 146 Å². The molecule has 8 aromatic rings. The summed E-state index contributed by atoms with van der Waals surface area (Å²) in [4.78, 5) is 24.6. The Morgan fingerprint density at radius 1 is 0.422 bits per heavy atom. The van der Waals surface area contributed by atoms with E-state index in [-0.39, 0.29) is 0 Å². The summed E-state index contributed by atoms with van der Waals surface area (Å²) in [5.74, 6) is 0.589. The molecule has 0 aliphatic rings. The number of aryl methyl sites for hydroxylation is 1. The van der Waals surface area contributed by atoms with Crippen LogP contribution < -0.4 is 0 Å². The van der Waals surface area contributed by atoms with Crippen LogP contribution in [0.4, 0.5) is 0 Å².